The molecule has 3 rings (SSSR count). The molecule has 17 heavy (non-hydrogen) atoms. The van der Waals surface area contributed by atoms with Gasteiger partial charge in [0.05, 0.1) is 6.10 Å². The van der Waals surface area contributed by atoms with E-state index in [1.807, 2.05) is 23.2 Å². The van der Waals surface area contributed by atoms with Gasteiger partial charge < -0.3 is 14.6 Å². The van der Waals surface area contributed by atoms with Gasteiger partial charge in [0.2, 0.25) is 0 Å². The van der Waals surface area contributed by atoms with Crippen LogP contribution in [0.25, 0.3) is 0 Å². The molecule has 1 aromatic heterocycles. The Labute approximate surface area is 101 Å². The molecule has 0 spiro atoms. The summed E-state index contributed by atoms with van der Waals surface area (Å²) in [5.74, 6) is 0.119. The molecule has 0 atom stereocenters. The van der Waals surface area contributed by atoms with Crippen LogP contribution in [0.2, 0.25) is 0 Å². The van der Waals surface area contributed by atoms with Crippen LogP contribution < -0.4 is 0 Å². The first-order valence-corrected chi connectivity index (χ1v) is 6.40. The van der Waals surface area contributed by atoms with Gasteiger partial charge in [0.25, 0.3) is 5.91 Å². The van der Waals surface area contributed by atoms with E-state index >= 15 is 0 Å². The van der Waals surface area contributed by atoms with E-state index in [1.165, 1.54) is 12.8 Å². The zero-order valence-electron chi connectivity index (χ0n) is 9.88. The van der Waals surface area contributed by atoms with Crippen molar-refractivity contribution in [3.05, 3.63) is 24.0 Å². The number of hydrogen-bond donors (Lipinski definition) is 1. The van der Waals surface area contributed by atoms with Gasteiger partial charge in [-0.2, -0.15) is 0 Å². The summed E-state index contributed by atoms with van der Waals surface area (Å²) < 4.78 is 2.10. The van der Waals surface area contributed by atoms with Crippen molar-refractivity contribution < 1.29 is 9.90 Å². The molecule has 2 aliphatic rings. The third-order valence-corrected chi connectivity index (χ3v) is 3.69. The average Bonchev–Trinajstić information content (AvgIpc) is 3.07. The Kier molecular flexibility index (Phi) is 2.67. The number of rotatable bonds is 2. The summed E-state index contributed by atoms with van der Waals surface area (Å²) in [5, 5.41) is 9.45. The Hall–Kier alpha value is -1.29. The van der Waals surface area contributed by atoms with E-state index in [9.17, 15) is 9.90 Å². The smallest absolute Gasteiger partial charge is 0.270 e. The first-order valence-electron chi connectivity index (χ1n) is 6.40. The number of aliphatic hydroxyl groups is 1. The zero-order valence-corrected chi connectivity index (χ0v) is 9.88. The van der Waals surface area contributed by atoms with Crippen LogP contribution in [0.15, 0.2) is 18.3 Å². The first-order chi connectivity index (χ1) is 8.25. The van der Waals surface area contributed by atoms with Gasteiger partial charge in [-0.05, 0) is 37.8 Å². The van der Waals surface area contributed by atoms with Gasteiger partial charge in [-0.25, -0.2) is 0 Å². The third-order valence-electron chi connectivity index (χ3n) is 3.69. The molecule has 0 bridgehead atoms. The van der Waals surface area contributed by atoms with Crippen molar-refractivity contribution in [2.24, 2.45) is 0 Å². The van der Waals surface area contributed by atoms with Gasteiger partial charge >= 0.3 is 0 Å². The molecule has 1 aromatic rings. The highest BCUT2D eigenvalue weighted by atomic mass is 16.3. The topological polar surface area (TPSA) is 45.5 Å². The van der Waals surface area contributed by atoms with E-state index in [0.29, 0.717) is 32.0 Å². The lowest BCUT2D eigenvalue weighted by molar-refractivity contribution is 0.0537. The lowest BCUT2D eigenvalue weighted by Crippen LogP contribution is -2.40. The molecule has 1 saturated heterocycles. The number of amides is 1. The van der Waals surface area contributed by atoms with Gasteiger partial charge in [0.15, 0.2) is 0 Å². The fourth-order valence-corrected chi connectivity index (χ4v) is 2.48. The molecule has 1 saturated carbocycles. The minimum Gasteiger partial charge on any atom is -0.393 e. The van der Waals surface area contributed by atoms with E-state index in [-0.39, 0.29) is 12.0 Å². The summed E-state index contributed by atoms with van der Waals surface area (Å²) in [4.78, 5) is 14.2. The summed E-state index contributed by atoms with van der Waals surface area (Å²) in [7, 11) is 0. The van der Waals surface area contributed by atoms with Crippen molar-refractivity contribution in [1.29, 1.82) is 0 Å². The summed E-state index contributed by atoms with van der Waals surface area (Å²) in [6.07, 6.45) is 5.56. The van der Waals surface area contributed by atoms with Crippen molar-refractivity contribution >= 4 is 5.91 Å². The summed E-state index contributed by atoms with van der Waals surface area (Å²) in [6, 6.07) is 4.40. The number of carbonyl (C=O) groups is 1. The van der Waals surface area contributed by atoms with E-state index < -0.39 is 0 Å². The van der Waals surface area contributed by atoms with E-state index in [1.54, 1.807) is 0 Å². The van der Waals surface area contributed by atoms with Gasteiger partial charge in [-0.15, -0.1) is 0 Å². The molecule has 0 radical (unpaired) electrons. The largest absolute Gasteiger partial charge is 0.393 e. The Bertz CT molecular complexity index is 415. The maximum Gasteiger partial charge on any atom is 0.270 e. The van der Waals surface area contributed by atoms with Gasteiger partial charge in [-0.1, -0.05) is 0 Å². The van der Waals surface area contributed by atoms with Crippen LogP contribution >= 0.6 is 0 Å². The zero-order chi connectivity index (χ0) is 11.8. The predicted octanol–water partition coefficient (Wildman–Crippen LogP) is 1.42. The number of aliphatic hydroxyl groups excluding tert-OH is 1. The minimum absolute atomic E-state index is 0.119. The Morgan fingerprint density at radius 1 is 1.24 bits per heavy atom. The van der Waals surface area contributed by atoms with Crippen LogP contribution in [0.4, 0.5) is 0 Å². The highest BCUT2D eigenvalue weighted by molar-refractivity contribution is 5.93. The maximum atomic E-state index is 12.3. The highest BCUT2D eigenvalue weighted by Gasteiger charge is 2.29. The molecule has 2 fully saturated rings. The van der Waals surface area contributed by atoms with Gasteiger partial charge in [0.1, 0.15) is 5.69 Å². The second kappa shape index (κ2) is 4.18. The summed E-state index contributed by atoms with van der Waals surface area (Å²) in [5.41, 5.74) is 0.809. The van der Waals surface area contributed by atoms with E-state index in [0.717, 1.165) is 5.69 Å². The molecule has 4 heteroatoms. The summed E-state index contributed by atoms with van der Waals surface area (Å²) >= 11 is 0. The van der Waals surface area contributed by atoms with Gasteiger partial charge in [-0.3, -0.25) is 4.79 Å². The van der Waals surface area contributed by atoms with E-state index in [2.05, 4.69) is 4.57 Å². The van der Waals surface area contributed by atoms with Crippen molar-refractivity contribution in [2.75, 3.05) is 13.1 Å². The molecule has 1 amide bonds. The predicted molar refractivity (Wildman–Crippen MR) is 63.8 cm³/mol. The lowest BCUT2D eigenvalue weighted by Gasteiger charge is -2.29. The van der Waals surface area contributed by atoms with Crippen molar-refractivity contribution in [3.63, 3.8) is 0 Å². The van der Waals surface area contributed by atoms with Crippen LogP contribution in [-0.4, -0.2) is 39.7 Å². The number of nitrogens with zero attached hydrogens (tertiary/aromatic N) is 2. The van der Waals surface area contributed by atoms with Crippen molar-refractivity contribution in [2.45, 2.75) is 37.8 Å². The molecular formula is C13H18N2O2. The molecule has 1 aliphatic heterocycles. The second-order valence-electron chi connectivity index (χ2n) is 5.06. The Balaban J connectivity index is 1.74. The molecule has 2 heterocycles. The van der Waals surface area contributed by atoms with Crippen molar-refractivity contribution in [3.8, 4) is 0 Å². The van der Waals surface area contributed by atoms with Crippen LogP contribution in [0.1, 0.15) is 42.2 Å². The minimum atomic E-state index is -0.228. The molecule has 92 valence electrons. The normalized spacial score (nSPS) is 21.8. The highest BCUT2D eigenvalue weighted by Crippen LogP contribution is 2.36. The summed E-state index contributed by atoms with van der Waals surface area (Å²) in [6.45, 7) is 1.35. The molecule has 0 unspecified atom stereocenters. The van der Waals surface area contributed by atoms with E-state index in [4.69, 9.17) is 0 Å². The standard InChI is InChI=1S/C13H18N2O2/c16-11-5-8-14(9-6-11)13(17)12-2-1-7-15(12)10-3-4-10/h1-2,7,10-11,16H,3-6,8-9H2. The molecular weight excluding hydrogens is 216 g/mol. The average molecular weight is 234 g/mol. The Morgan fingerprint density at radius 2 is 1.94 bits per heavy atom. The van der Waals surface area contributed by atoms with Crippen LogP contribution in [0, 0.1) is 0 Å². The number of piperidine rings is 1. The first kappa shape index (κ1) is 10.8. The third kappa shape index (κ3) is 2.09. The van der Waals surface area contributed by atoms with Gasteiger partial charge in [0, 0.05) is 25.3 Å². The number of hydrogen-bond acceptors (Lipinski definition) is 2. The number of aromatic nitrogens is 1. The van der Waals surface area contributed by atoms with Crippen LogP contribution in [0.5, 0.6) is 0 Å². The lowest BCUT2D eigenvalue weighted by atomic mass is 10.1. The molecule has 4 nitrogen and oxygen atoms in total. The second-order valence-corrected chi connectivity index (χ2v) is 5.06. The SMILES string of the molecule is O=C(c1cccn1C1CC1)N1CCC(O)CC1. The quantitative estimate of drug-likeness (QED) is 0.841. The fraction of sp³-hybridized carbons (Fsp3) is 0.615. The Morgan fingerprint density at radius 3 is 2.59 bits per heavy atom. The van der Waals surface area contributed by atoms with Crippen molar-refractivity contribution in [1.82, 2.24) is 9.47 Å². The maximum absolute atomic E-state index is 12.3. The van der Waals surface area contributed by atoms with Crippen LogP contribution in [-0.2, 0) is 0 Å². The number of likely N-dealkylation sites (tertiary alicyclic amines) is 1. The molecule has 1 aliphatic carbocycles. The molecule has 1 N–H and O–H groups in total. The molecule has 0 aromatic carbocycles. The fourth-order valence-electron chi connectivity index (χ4n) is 2.48. The monoisotopic (exact) mass is 234 g/mol. The van der Waals surface area contributed by atoms with Crippen LogP contribution in [0.3, 0.4) is 0 Å². The number of carbonyl (C=O) groups excluding carboxylic acids is 1.